The second-order valence-corrected chi connectivity index (χ2v) is 4.95. The maximum atomic E-state index is 12.0. The molecule has 21 heavy (non-hydrogen) atoms. The molecule has 0 aliphatic heterocycles. The Bertz CT molecular complexity index is 693. The third-order valence-electron chi connectivity index (χ3n) is 2.48. The van der Waals surface area contributed by atoms with E-state index in [0.717, 1.165) is 0 Å². The zero-order valence-electron chi connectivity index (χ0n) is 10.7. The molecule has 1 aromatic heterocycles. The van der Waals surface area contributed by atoms with Crippen LogP contribution < -0.4 is 5.32 Å². The number of thioether (sulfide) groups is 1. The van der Waals surface area contributed by atoms with E-state index in [4.69, 9.17) is 11.6 Å². The Morgan fingerprint density at radius 3 is 2.57 bits per heavy atom. The first-order valence-electron chi connectivity index (χ1n) is 5.63. The lowest BCUT2D eigenvalue weighted by Crippen LogP contribution is -2.13. The fourth-order valence-electron chi connectivity index (χ4n) is 1.46. The van der Waals surface area contributed by atoms with Crippen LogP contribution in [0, 0.1) is 10.1 Å². The maximum Gasteiger partial charge on any atom is 0.269 e. The number of anilines is 1. The van der Waals surface area contributed by atoms with Crippen LogP contribution in [0.5, 0.6) is 0 Å². The number of benzene rings is 1. The van der Waals surface area contributed by atoms with Gasteiger partial charge in [0.05, 0.1) is 10.5 Å². The van der Waals surface area contributed by atoms with E-state index in [1.807, 2.05) is 0 Å². The van der Waals surface area contributed by atoms with Crippen molar-refractivity contribution in [1.82, 2.24) is 9.97 Å². The topological polar surface area (TPSA) is 98.0 Å². The summed E-state index contributed by atoms with van der Waals surface area (Å²) in [7, 11) is 0. The van der Waals surface area contributed by atoms with Crippen LogP contribution in [0.2, 0.25) is 5.15 Å². The van der Waals surface area contributed by atoms with E-state index in [2.05, 4.69) is 15.3 Å². The summed E-state index contributed by atoms with van der Waals surface area (Å²) in [5, 5.41) is 13.6. The third-order valence-corrected chi connectivity index (χ3v) is 3.33. The number of halogens is 1. The highest BCUT2D eigenvalue weighted by Gasteiger charge is 2.14. The molecule has 0 bridgehead atoms. The summed E-state index contributed by atoms with van der Waals surface area (Å²) in [6, 6.07) is 5.46. The van der Waals surface area contributed by atoms with Crippen molar-refractivity contribution < 1.29 is 9.72 Å². The molecule has 0 atom stereocenters. The Labute approximate surface area is 128 Å². The molecule has 0 aliphatic carbocycles. The largest absolute Gasteiger partial charge is 0.322 e. The van der Waals surface area contributed by atoms with Crippen LogP contribution in [-0.4, -0.2) is 27.1 Å². The van der Waals surface area contributed by atoms with Crippen molar-refractivity contribution in [2.75, 3.05) is 11.6 Å². The summed E-state index contributed by atoms with van der Waals surface area (Å²) in [4.78, 5) is 30.0. The molecular weight excluding hydrogens is 316 g/mol. The van der Waals surface area contributed by atoms with Crippen LogP contribution in [0.3, 0.4) is 0 Å². The fourth-order valence-corrected chi connectivity index (χ4v) is 2.07. The number of carbonyl (C=O) groups excluding carboxylic acids is 1. The lowest BCUT2D eigenvalue weighted by molar-refractivity contribution is -0.384. The highest BCUT2D eigenvalue weighted by molar-refractivity contribution is 7.98. The number of non-ortho nitro benzene ring substituents is 1. The molecule has 0 spiro atoms. The first-order valence-corrected chi connectivity index (χ1v) is 7.24. The van der Waals surface area contributed by atoms with Crippen molar-refractivity contribution in [2.24, 2.45) is 0 Å². The van der Waals surface area contributed by atoms with Gasteiger partial charge in [-0.2, -0.15) is 0 Å². The molecule has 0 saturated carbocycles. The number of aromatic nitrogens is 2. The molecule has 1 amide bonds. The first-order chi connectivity index (χ1) is 10.0. The number of hydrogen-bond acceptors (Lipinski definition) is 6. The number of rotatable bonds is 4. The molecular formula is C12H9ClN4O3S. The average molecular weight is 325 g/mol. The van der Waals surface area contributed by atoms with Crippen molar-refractivity contribution in [3.8, 4) is 0 Å². The minimum atomic E-state index is -0.516. The first kappa shape index (κ1) is 15.2. The van der Waals surface area contributed by atoms with Crippen LogP contribution in [0.25, 0.3) is 0 Å². The second-order valence-electron chi connectivity index (χ2n) is 3.82. The quantitative estimate of drug-likeness (QED) is 0.305. The van der Waals surface area contributed by atoms with Crippen LogP contribution >= 0.6 is 23.4 Å². The number of nitro groups is 1. The number of nitrogens with zero attached hydrogens (tertiary/aromatic N) is 3. The molecule has 1 heterocycles. The predicted octanol–water partition coefficient (Wildman–Crippen LogP) is 3.01. The molecule has 1 N–H and O–H groups in total. The monoisotopic (exact) mass is 324 g/mol. The van der Waals surface area contributed by atoms with Crippen molar-refractivity contribution in [2.45, 2.75) is 5.16 Å². The van der Waals surface area contributed by atoms with E-state index in [1.165, 1.54) is 42.2 Å². The zero-order valence-corrected chi connectivity index (χ0v) is 12.3. The lowest BCUT2D eigenvalue weighted by atomic mass is 10.2. The van der Waals surface area contributed by atoms with E-state index in [-0.39, 0.29) is 16.4 Å². The van der Waals surface area contributed by atoms with Gasteiger partial charge in [0, 0.05) is 24.0 Å². The molecule has 0 radical (unpaired) electrons. The van der Waals surface area contributed by atoms with Gasteiger partial charge in [0.15, 0.2) is 5.16 Å². The van der Waals surface area contributed by atoms with Gasteiger partial charge in [-0.15, -0.1) is 0 Å². The van der Waals surface area contributed by atoms with Gasteiger partial charge in [-0.25, -0.2) is 9.97 Å². The Morgan fingerprint density at radius 2 is 2.05 bits per heavy atom. The molecule has 0 unspecified atom stereocenters. The summed E-state index contributed by atoms with van der Waals surface area (Å²) >= 11 is 7.23. The standard InChI is InChI=1S/C12H9ClN4O3S/c1-21-12-14-6-9(10(13)16-12)11(18)15-7-2-4-8(5-3-7)17(19)20/h2-6H,1H3,(H,15,18). The number of amides is 1. The molecule has 0 saturated heterocycles. The normalized spacial score (nSPS) is 10.2. The summed E-state index contributed by atoms with van der Waals surface area (Å²) in [6.45, 7) is 0. The maximum absolute atomic E-state index is 12.0. The molecule has 2 rings (SSSR count). The molecule has 7 nitrogen and oxygen atoms in total. The molecule has 9 heteroatoms. The lowest BCUT2D eigenvalue weighted by Gasteiger charge is -2.06. The Balaban J connectivity index is 2.16. The van der Waals surface area contributed by atoms with Crippen molar-refractivity contribution in [3.63, 3.8) is 0 Å². The third kappa shape index (κ3) is 3.67. The average Bonchev–Trinajstić information content (AvgIpc) is 2.47. The van der Waals surface area contributed by atoms with Gasteiger partial charge in [-0.1, -0.05) is 23.4 Å². The molecule has 0 aliphatic rings. The predicted molar refractivity (Wildman–Crippen MR) is 79.9 cm³/mol. The van der Waals surface area contributed by atoms with Gasteiger partial charge in [0.2, 0.25) is 0 Å². The summed E-state index contributed by atoms with van der Waals surface area (Å²) in [5.41, 5.74) is 0.488. The van der Waals surface area contributed by atoms with Crippen LogP contribution in [-0.2, 0) is 0 Å². The molecule has 2 aromatic rings. The highest BCUT2D eigenvalue weighted by atomic mass is 35.5. The molecule has 0 fully saturated rings. The molecule has 108 valence electrons. The Morgan fingerprint density at radius 1 is 1.38 bits per heavy atom. The van der Waals surface area contributed by atoms with Crippen molar-refractivity contribution in [3.05, 3.63) is 51.3 Å². The fraction of sp³-hybridized carbons (Fsp3) is 0.0833. The smallest absolute Gasteiger partial charge is 0.269 e. The van der Waals surface area contributed by atoms with E-state index in [0.29, 0.717) is 10.8 Å². The van der Waals surface area contributed by atoms with Gasteiger partial charge < -0.3 is 5.32 Å². The summed E-state index contributed by atoms with van der Waals surface area (Å²) in [5.74, 6) is -0.485. The summed E-state index contributed by atoms with van der Waals surface area (Å²) in [6.07, 6.45) is 3.13. The SMILES string of the molecule is CSc1ncc(C(=O)Nc2ccc([N+](=O)[O-])cc2)c(Cl)n1. The molecule has 1 aromatic carbocycles. The minimum absolute atomic E-state index is 0.0498. The van der Waals surface area contributed by atoms with Gasteiger partial charge in [0.25, 0.3) is 11.6 Å². The Hall–Kier alpha value is -2.19. The summed E-state index contributed by atoms with van der Waals surface area (Å²) < 4.78 is 0. The zero-order chi connectivity index (χ0) is 15.4. The van der Waals surface area contributed by atoms with Crippen molar-refractivity contribution in [1.29, 1.82) is 0 Å². The van der Waals surface area contributed by atoms with Gasteiger partial charge in [0.1, 0.15) is 5.15 Å². The van der Waals surface area contributed by atoms with E-state index in [9.17, 15) is 14.9 Å². The van der Waals surface area contributed by atoms with Crippen LogP contribution in [0.1, 0.15) is 10.4 Å². The van der Waals surface area contributed by atoms with E-state index >= 15 is 0 Å². The number of nitro benzene ring substituents is 1. The van der Waals surface area contributed by atoms with Crippen LogP contribution in [0.4, 0.5) is 11.4 Å². The number of hydrogen-bond donors (Lipinski definition) is 1. The van der Waals surface area contributed by atoms with Gasteiger partial charge in [-0.05, 0) is 18.4 Å². The van der Waals surface area contributed by atoms with Crippen molar-refractivity contribution >= 4 is 40.6 Å². The van der Waals surface area contributed by atoms with Gasteiger partial charge >= 0.3 is 0 Å². The van der Waals surface area contributed by atoms with E-state index in [1.54, 1.807) is 6.26 Å². The number of carbonyl (C=O) groups is 1. The van der Waals surface area contributed by atoms with Crippen LogP contribution in [0.15, 0.2) is 35.6 Å². The Kier molecular flexibility index (Phi) is 4.71. The van der Waals surface area contributed by atoms with Gasteiger partial charge in [-0.3, -0.25) is 14.9 Å². The second kappa shape index (κ2) is 6.51. The van der Waals surface area contributed by atoms with E-state index < -0.39 is 10.8 Å². The minimum Gasteiger partial charge on any atom is -0.322 e. The highest BCUT2D eigenvalue weighted by Crippen LogP contribution is 2.19. The number of nitrogens with one attached hydrogen (secondary N) is 1.